The molecule has 2 heteroatoms. The van der Waals surface area contributed by atoms with Crippen LogP contribution < -0.4 is 0 Å². The van der Waals surface area contributed by atoms with E-state index in [4.69, 9.17) is 0 Å². The van der Waals surface area contributed by atoms with Gasteiger partial charge in [0.15, 0.2) is 0 Å². The van der Waals surface area contributed by atoms with E-state index in [1.165, 1.54) is 24.0 Å². The van der Waals surface area contributed by atoms with E-state index in [-0.39, 0.29) is 0 Å². The number of aryl methyl sites for hydroxylation is 1. The van der Waals surface area contributed by atoms with Gasteiger partial charge in [-0.1, -0.05) is 36.8 Å². The first-order chi connectivity index (χ1) is 9.63. The fourth-order valence-corrected chi connectivity index (χ4v) is 3.39. The Bertz CT molecular complexity index is 479. The van der Waals surface area contributed by atoms with Crippen molar-refractivity contribution in [1.29, 1.82) is 0 Å². The third-order valence-corrected chi connectivity index (χ3v) is 4.90. The van der Waals surface area contributed by atoms with Crippen molar-refractivity contribution in [3.05, 3.63) is 35.4 Å². The Kier molecular flexibility index (Phi) is 3.82. The zero-order valence-electron chi connectivity index (χ0n) is 12.6. The van der Waals surface area contributed by atoms with Gasteiger partial charge in [0.1, 0.15) is 0 Å². The summed E-state index contributed by atoms with van der Waals surface area (Å²) in [4.78, 5) is 14.5. The van der Waals surface area contributed by atoms with Crippen LogP contribution >= 0.6 is 0 Å². The molecule has 3 rings (SSSR count). The quantitative estimate of drug-likeness (QED) is 0.824. The first-order valence-electron chi connectivity index (χ1n) is 7.98. The van der Waals surface area contributed by atoms with E-state index in [0.717, 1.165) is 25.9 Å². The van der Waals surface area contributed by atoms with E-state index in [9.17, 15) is 4.79 Å². The van der Waals surface area contributed by atoms with Crippen molar-refractivity contribution in [2.45, 2.75) is 39.5 Å². The van der Waals surface area contributed by atoms with Crippen molar-refractivity contribution < 1.29 is 4.79 Å². The van der Waals surface area contributed by atoms with Crippen molar-refractivity contribution in [2.24, 2.45) is 17.8 Å². The molecule has 1 aliphatic carbocycles. The van der Waals surface area contributed by atoms with Gasteiger partial charge in [-0.05, 0) is 50.0 Å². The lowest BCUT2D eigenvalue weighted by molar-refractivity contribution is -0.134. The minimum Gasteiger partial charge on any atom is -0.342 e. The molecule has 0 unspecified atom stereocenters. The van der Waals surface area contributed by atoms with Gasteiger partial charge in [-0.15, -0.1) is 0 Å². The normalized spacial score (nSPS) is 29.3. The molecule has 1 aromatic rings. The molecule has 1 aliphatic heterocycles. The number of amides is 1. The number of hydrogen-bond acceptors (Lipinski definition) is 1. The summed E-state index contributed by atoms with van der Waals surface area (Å²) in [5.41, 5.74) is 2.73. The number of rotatable bonds is 3. The number of piperidine rings is 1. The summed E-state index contributed by atoms with van der Waals surface area (Å²) in [6.45, 7) is 6.26. The summed E-state index contributed by atoms with van der Waals surface area (Å²) in [6, 6.07) is 8.85. The summed E-state index contributed by atoms with van der Waals surface area (Å²) < 4.78 is 0. The molecule has 108 valence electrons. The van der Waals surface area contributed by atoms with Crippen LogP contribution in [0.4, 0.5) is 0 Å². The van der Waals surface area contributed by atoms with Gasteiger partial charge in [-0.3, -0.25) is 4.79 Å². The second kappa shape index (κ2) is 5.59. The Balaban J connectivity index is 1.57. The van der Waals surface area contributed by atoms with E-state index in [1.807, 2.05) is 0 Å². The molecule has 1 aromatic carbocycles. The van der Waals surface area contributed by atoms with Crippen LogP contribution in [0.15, 0.2) is 24.3 Å². The maximum Gasteiger partial charge on any atom is 0.225 e. The van der Waals surface area contributed by atoms with Gasteiger partial charge in [-0.2, -0.15) is 0 Å². The van der Waals surface area contributed by atoms with Crippen LogP contribution in [0.25, 0.3) is 0 Å². The lowest BCUT2D eigenvalue weighted by Crippen LogP contribution is -2.41. The number of benzene rings is 1. The molecule has 0 bridgehead atoms. The topological polar surface area (TPSA) is 20.3 Å². The lowest BCUT2D eigenvalue weighted by atomic mass is 9.91. The molecule has 2 fully saturated rings. The van der Waals surface area contributed by atoms with Crippen molar-refractivity contribution in [2.75, 3.05) is 13.1 Å². The molecule has 2 nitrogen and oxygen atoms in total. The molecule has 1 heterocycles. The molecule has 20 heavy (non-hydrogen) atoms. The van der Waals surface area contributed by atoms with E-state index < -0.39 is 0 Å². The maximum absolute atomic E-state index is 12.3. The molecule has 0 aromatic heterocycles. The third kappa shape index (κ3) is 3.05. The Hall–Kier alpha value is -1.31. The van der Waals surface area contributed by atoms with Crippen LogP contribution in [0, 0.1) is 24.7 Å². The van der Waals surface area contributed by atoms with E-state index in [1.54, 1.807) is 0 Å². The average molecular weight is 271 g/mol. The van der Waals surface area contributed by atoms with Gasteiger partial charge in [0.2, 0.25) is 5.91 Å². The smallest absolute Gasteiger partial charge is 0.225 e. The van der Waals surface area contributed by atoms with E-state index in [2.05, 4.69) is 43.0 Å². The summed E-state index contributed by atoms with van der Waals surface area (Å²) >= 11 is 0. The van der Waals surface area contributed by atoms with Crippen LogP contribution in [0.3, 0.4) is 0 Å². The van der Waals surface area contributed by atoms with Gasteiger partial charge >= 0.3 is 0 Å². The second-order valence-corrected chi connectivity index (χ2v) is 6.80. The maximum atomic E-state index is 12.3. The molecule has 1 saturated heterocycles. The number of likely N-dealkylation sites (tertiary alicyclic amines) is 1. The molecular weight excluding hydrogens is 246 g/mol. The highest BCUT2D eigenvalue weighted by Gasteiger charge is 2.42. The predicted octanol–water partition coefficient (Wildman–Crippen LogP) is 3.43. The largest absolute Gasteiger partial charge is 0.342 e. The number of carbonyl (C=O) groups is 1. The van der Waals surface area contributed by atoms with Gasteiger partial charge in [-0.25, -0.2) is 0 Å². The summed E-state index contributed by atoms with van der Waals surface area (Å²) in [5.74, 6) is 2.03. The molecule has 2 aliphatic rings. The van der Waals surface area contributed by atoms with Crippen molar-refractivity contribution in [3.63, 3.8) is 0 Å². The molecule has 3 atom stereocenters. The highest BCUT2D eigenvalue weighted by molar-refractivity contribution is 5.81. The molecular formula is C18H25NO. The van der Waals surface area contributed by atoms with E-state index >= 15 is 0 Å². The molecule has 0 spiro atoms. The average Bonchev–Trinajstić information content (AvgIpc) is 3.18. The Morgan fingerprint density at radius 2 is 2.00 bits per heavy atom. The number of carbonyl (C=O) groups excluding carboxylic acids is 1. The number of nitrogens with zero attached hydrogens (tertiary/aromatic N) is 1. The first-order valence-corrected chi connectivity index (χ1v) is 7.98. The highest BCUT2D eigenvalue weighted by atomic mass is 16.2. The lowest BCUT2D eigenvalue weighted by Gasteiger charge is -2.33. The summed E-state index contributed by atoms with van der Waals surface area (Å²) in [6.07, 6.45) is 4.66. The van der Waals surface area contributed by atoms with Crippen LogP contribution in [-0.2, 0) is 11.2 Å². The fraction of sp³-hybridized carbons (Fsp3) is 0.611. The zero-order chi connectivity index (χ0) is 14.1. The van der Waals surface area contributed by atoms with Gasteiger partial charge < -0.3 is 4.90 Å². The van der Waals surface area contributed by atoms with Crippen LogP contribution in [0.1, 0.15) is 37.3 Å². The molecule has 0 radical (unpaired) electrons. The predicted molar refractivity (Wildman–Crippen MR) is 81.5 cm³/mol. The fourth-order valence-electron chi connectivity index (χ4n) is 3.39. The van der Waals surface area contributed by atoms with Crippen molar-refractivity contribution >= 4 is 5.91 Å². The Morgan fingerprint density at radius 3 is 2.65 bits per heavy atom. The van der Waals surface area contributed by atoms with Crippen LogP contribution in [0.2, 0.25) is 0 Å². The highest BCUT2D eigenvalue weighted by Crippen LogP contribution is 2.40. The zero-order valence-corrected chi connectivity index (χ0v) is 12.6. The summed E-state index contributed by atoms with van der Waals surface area (Å²) in [5, 5.41) is 0. The minimum absolute atomic E-state index is 0.341. The molecule has 1 amide bonds. The van der Waals surface area contributed by atoms with Crippen molar-refractivity contribution in [1.82, 2.24) is 4.90 Å². The monoisotopic (exact) mass is 271 g/mol. The van der Waals surface area contributed by atoms with Gasteiger partial charge in [0.05, 0.1) is 0 Å². The molecule has 0 N–H and O–H groups in total. The SMILES string of the molecule is Cc1ccc(C[C@@H]2CCCN(C(=O)[C@@H]3C[C@@H]3C)C2)cc1. The second-order valence-electron chi connectivity index (χ2n) is 6.80. The Labute approximate surface area is 122 Å². The van der Waals surface area contributed by atoms with Gasteiger partial charge in [0, 0.05) is 19.0 Å². The van der Waals surface area contributed by atoms with Crippen molar-refractivity contribution in [3.8, 4) is 0 Å². The van der Waals surface area contributed by atoms with Crippen LogP contribution in [-0.4, -0.2) is 23.9 Å². The molecule has 1 saturated carbocycles. The standard InChI is InChI=1S/C18H25NO/c1-13-5-7-15(8-6-13)11-16-4-3-9-19(12-16)18(20)17-10-14(17)2/h5-8,14,16-17H,3-4,9-12H2,1-2H3/t14-,16-,17+/m0/s1. The van der Waals surface area contributed by atoms with E-state index in [0.29, 0.717) is 23.7 Å². The third-order valence-electron chi connectivity index (χ3n) is 4.90. The Morgan fingerprint density at radius 1 is 1.30 bits per heavy atom. The van der Waals surface area contributed by atoms with Crippen LogP contribution in [0.5, 0.6) is 0 Å². The summed E-state index contributed by atoms with van der Waals surface area (Å²) in [7, 11) is 0. The first kappa shape index (κ1) is 13.7. The number of hydrogen-bond donors (Lipinski definition) is 0. The minimum atomic E-state index is 0.341. The van der Waals surface area contributed by atoms with Gasteiger partial charge in [0.25, 0.3) is 0 Å².